The molecule has 5 N–H and O–H groups in total. The smallest absolute Gasteiger partial charge is 0.393 e. The van der Waals surface area contributed by atoms with Gasteiger partial charge in [-0.3, -0.25) is 4.55 Å². The quantitative estimate of drug-likeness (QED) is 0.0668. The first-order chi connectivity index (χ1) is 22.7. The topological polar surface area (TPSA) is 120 Å². The molecule has 282 valence electrons. The van der Waals surface area contributed by atoms with Gasteiger partial charge in [0.15, 0.2) is 0 Å². The van der Waals surface area contributed by atoms with Crippen LogP contribution in [0.15, 0.2) is 0 Å². The van der Waals surface area contributed by atoms with Crippen molar-refractivity contribution in [2.24, 2.45) is 58.2 Å². The van der Waals surface area contributed by atoms with Crippen LogP contribution in [0.2, 0.25) is 0 Å². The van der Waals surface area contributed by atoms with Crippen molar-refractivity contribution in [3.63, 3.8) is 0 Å². The minimum Gasteiger partial charge on any atom is -0.393 e. The molecule has 0 aliphatic heterocycles. The molecule has 4 unspecified atom stereocenters. The lowest BCUT2D eigenvalue weighted by Crippen LogP contribution is -2.59. The van der Waals surface area contributed by atoms with E-state index in [1.54, 1.807) is 0 Å². The third-order valence-electron chi connectivity index (χ3n) is 14.2. The molecule has 0 bridgehead atoms. The summed E-state index contributed by atoms with van der Waals surface area (Å²) in [5.41, 5.74) is 0.551. The molecule has 0 aromatic carbocycles. The molecule has 4 fully saturated rings. The van der Waals surface area contributed by atoms with Gasteiger partial charge in [0.1, 0.15) is 0 Å². The van der Waals surface area contributed by atoms with Gasteiger partial charge in [-0.1, -0.05) is 48.5 Å². The molecule has 0 spiro atoms. The average molecular weight is 698 g/mol. The third-order valence-corrected chi connectivity index (χ3v) is 14.6. The van der Waals surface area contributed by atoms with Crippen molar-refractivity contribution in [2.75, 3.05) is 32.7 Å². The van der Waals surface area contributed by atoms with Gasteiger partial charge >= 0.3 is 10.4 Å². The summed E-state index contributed by atoms with van der Waals surface area (Å²) in [4.78, 5) is 0. The van der Waals surface area contributed by atoms with Crippen LogP contribution in [0.3, 0.4) is 0 Å². The van der Waals surface area contributed by atoms with Gasteiger partial charge in [-0.05, 0) is 181 Å². The highest BCUT2D eigenvalue weighted by molar-refractivity contribution is 7.80. The van der Waals surface area contributed by atoms with Crippen molar-refractivity contribution < 1.29 is 22.3 Å². The zero-order valence-corrected chi connectivity index (χ0v) is 32.6. The number of hydrogen-bond acceptors (Lipinski definition) is 7. The van der Waals surface area contributed by atoms with E-state index in [4.69, 9.17) is 4.18 Å². The van der Waals surface area contributed by atoms with Crippen LogP contribution in [0, 0.1) is 58.2 Å². The predicted octanol–water partition coefficient (Wildman–Crippen LogP) is 7.23. The van der Waals surface area contributed by atoms with Crippen LogP contribution in [0.4, 0.5) is 0 Å². The van der Waals surface area contributed by atoms with Crippen LogP contribution in [0.5, 0.6) is 0 Å². The maximum Gasteiger partial charge on any atom is 0.397 e. The van der Waals surface area contributed by atoms with Gasteiger partial charge in [-0.25, -0.2) is 4.18 Å². The van der Waals surface area contributed by atoms with Gasteiger partial charge in [0.2, 0.25) is 0 Å². The molecule has 0 radical (unpaired) electrons. The van der Waals surface area contributed by atoms with E-state index in [0.29, 0.717) is 53.4 Å². The first-order valence-corrected chi connectivity index (χ1v) is 21.5. The van der Waals surface area contributed by atoms with Crippen molar-refractivity contribution in [1.29, 1.82) is 0 Å². The summed E-state index contributed by atoms with van der Waals surface area (Å²) < 4.78 is 37.2. The molecule has 48 heavy (non-hydrogen) atoms. The van der Waals surface area contributed by atoms with Crippen molar-refractivity contribution in [3.8, 4) is 0 Å². The summed E-state index contributed by atoms with van der Waals surface area (Å²) in [6.45, 7) is 21.4. The maximum absolute atomic E-state index is 11.8. The first-order valence-electron chi connectivity index (χ1n) is 20.1. The van der Waals surface area contributed by atoms with E-state index in [1.165, 1.54) is 70.6 Å². The van der Waals surface area contributed by atoms with Gasteiger partial charge in [0.05, 0.1) is 12.2 Å². The highest BCUT2D eigenvalue weighted by atomic mass is 32.3. The zero-order valence-electron chi connectivity index (χ0n) is 31.8. The van der Waals surface area contributed by atoms with Gasteiger partial charge < -0.3 is 21.1 Å². The lowest BCUT2D eigenvalue weighted by Gasteiger charge is -2.62. The Hall–Kier alpha value is -0.290. The number of unbranched alkanes of at least 4 members (excludes halogenated alkanes) is 1. The Morgan fingerprint density at radius 2 is 1.42 bits per heavy atom. The maximum atomic E-state index is 11.8. The van der Waals surface area contributed by atoms with E-state index in [9.17, 15) is 18.1 Å². The first kappa shape index (κ1) is 40.5. The number of rotatable bonds is 20. The Kier molecular flexibility index (Phi) is 15.1. The second-order valence-electron chi connectivity index (χ2n) is 18.1. The van der Waals surface area contributed by atoms with E-state index < -0.39 is 16.5 Å². The molecule has 0 aromatic rings. The fourth-order valence-corrected chi connectivity index (χ4v) is 12.0. The van der Waals surface area contributed by atoms with E-state index in [0.717, 1.165) is 51.5 Å². The lowest BCUT2D eigenvalue weighted by molar-refractivity contribution is -0.167. The summed E-state index contributed by atoms with van der Waals surface area (Å²) in [6, 6.07) is 0.578. The number of fused-ring (bicyclic) bond motifs is 5. The Bertz CT molecular complexity index is 1070. The standard InChI is InChI=1S/C39H75N3O5S/c1-27(2)17-24-41-21-9-8-20-40-22-10-23-42-31-15-18-38(6)30(25-31)26-35(43)37-33-13-12-32(39(33,7)19-16-34(37)38)29(5)11-14-36(28(3)4)47-48(44,45)46/h27-37,40-43H,8-26H2,1-7H3,(H,44,45,46)/t29-,30+,31-,32?,33?,34?,35-,36+,37?,38-,39+/m0/s1. The number of hydrogen-bond donors (Lipinski definition) is 5. The van der Waals surface area contributed by atoms with E-state index in [-0.39, 0.29) is 17.4 Å². The predicted molar refractivity (Wildman–Crippen MR) is 197 cm³/mol. The summed E-state index contributed by atoms with van der Waals surface area (Å²) in [5, 5.41) is 22.9. The van der Waals surface area contributed by atoms with Crippen LogP contribution >= 0.6 is 0 Å². The highest BCUT2D eigenvalue weighted by Crippen LogP contribution is 2.68. The van der Waals surface area contributed by atoms with Crippen LogP contribution in [0.1, 0.15) is 138 Å². The fourth-order valence-electron chi connectivity index (χ4n) is 11.3. The molecule has 0 aromatic heterocycles. The molecule has 11 atom stereocenters. The molecule has 9 heteroatoms. The molecule has 4 rings (SSSR count). The van der Waals surface area contributed by atoms with Gasteiger partial charge in [-0.2, -0.15) is 8.42 Å². The minimum absolute atomic E-state index is 0.0156. The molecular formula is C39H75N3O5S. The van der Waals surface area contributed by atoms with Crippen LogP contribution in [0.25, 0.3) is 0 Å². The Labute approximate surface area is 295 Å². The average Bonchev–Trinajstić information content (AvgIpc) is 3.36. The van der Waals surface area contributed by atoms with Crippen molar-refractivity contribution in [2.45, 2.75) is 157 Å². The van der Waals surface area contributed by atoms with E-state index in [1.807, 2.05) is 13.8 Å². The molecule has 4 aliphatic rings. The molecule has 0 heterocycles. The largest absolute Gasteiger partial charge is 0.397 e. The van der Waals surface area contributed by atoms with Crippen LogP contribution in [-0.2, 0) is 14.6 Å². The number of aliphatic hydroxyl groups is 1. The normalized spacial score (nSPS) is 36.5. The molecule has 0 amide bonds. The van der Waals surface area contributed by atoms with Gasteiger partial charge in [0, 0.05) is 6.04 Å². The van der Waals surface area contributed by atoms with Crippen LogP contribution < -0.4 is 16.0 Å². The highest BCUT2D eigenvalue weighted by Gasteiger charge is 2.62. The van der Waals surface area contributed by atoms with Crippen molar-refractivity contribution in [3.05, 3.63) is 0 Å². The number of aliphatic hydroxyl groups excluding tert-OH is 1. The third kappa shape index (κ3) is 10.4. The molecule has 8 nitrogen and oxygen atoms in total. The second-order valence-corrected chi connectivity index (χ2v) is 19.1. The summed E-state index contributed by atoms with van der Waals surface area (Å²) in [6.07, 6.45) is 15.3. The summed E-state index contributed by atoms with van der Waals surface area (Å²) in [7, 11) is -4.46. The van der Waals surface area contributed by atoms with Gasteiger partial charge in [-0.15, -0.1) is 0 Å². The molecular weight excluding hydrogens is 623 g/mol. The van der Waals surface area contributed by atoms with Crippen LogP contribution in [-0.4, -0.2) is 69.1 Å². The second kappa shape index (κ2) is 18.0. The van der Waals surface area contributed by atoms with Crippen molar-refractivity contribution >= 4 is 10.4 Å². The van der Waals surface area contributed by atoms with Gasteiger partial charge in [0.25, 0.3) is 0 Å². The van der Waals surface area contributed by atoms with E-state index in [2.05, 4.69) is 50.6 Å². The lowest BCUT2D eigenvalue weighted by atomic mass is 9.43. The molecule has 4 aliphatic carbocycles. The monoisotopic (exact) mass is 698 g/mol. The van der Waals surface area contributed by atoms with E-state index >= 15 is 0 Å². The summed E-state index contributed by atoms with van der Waals surface area (Å²) in [5.74, 6) is 4.00. The zero-order chi connectivity index (χ0) is 35.1. The van der Waals surface area contributed by atoms with Crippen molar-refractivity contribution in [1.82, 2.24) is 16.0 Å². The minimum atomic E-state index is -4.46. The SMILES string of the molecule is CC(C)CCNCCCCNCCCN[C@H]1CC[C@]2(C)C3CC[C@@]4(C)C(CCC4[C@@H](C)CC[C@@H](OS(=O)(=O)O)C(C)C)C3[C@@H](O)C[C@H]2C1. The summed E-state index contributed by atoms with van der Waals surface area (Å²) >= 11 is 0. The Morgan fingerprint density at radius 3 is 2.08 bits per heavy atom. The Morgan fingerprint density at radius 1 is 0.771 bits per heavy atom. The fraction of sp³-hybridized carbons (Fsp3) is 1.00. The number of nitrogens with one attached hydrogen (secondary N) is 3. The molecule has 0 saturated heterocycles. The molecule has 4 saturated carbocycles. The Balaban J connectivity index is 1.21.